The Balaban J connectivity index is 1.69. The lowest BCUT2D eigenvalue weighted by Gasteiger charge is -2.33. The lowest BCUT2D eigenvalue weighted by atomic mass is 9.83. The largest absolute Gasteiger partial charge is 0.366 e. The van der Waals surface area contributed by atoms with Gasteiger partial charge in [-0.25, -0.2) is 9.97 Å². The number of fused-ring (bicyclic) bond motifs is 1. The zero-order valence-electron chi connectivity index (χ0n) is 16.5. The Kier molecular flexibility index (Phi) is 5.35. The number of rotatable bonds is 4. The van der Waals surface area contributed by atoms with Crippen molar-refractivity contribution in [1.82, 2.24) is 15.0 Å². The molecule has 0 bridgehead atoms. The highest BCUT2D eigenvalue weighted by Crippen LogP contribution is 2.29. The van der Waals surface area contributed by atoms with Crippen LogP contribution in [0, 0.1) is 12.8 Å². The molecule has 3 atom stereocenters. The first-order valence-corrected chi connectivity index (χ1v) is 9.98. The maximum atomic E-state index is 6.14. The minimum atomic E-state index is 0.314. The van der Waals surface area contributed by atoms with Gasteiger partial charge in [-0.1, -0.05) is 24.6 Å². The number of nitrogens with two attached hydrogens (primary N) is 1. The van der Waals surface area contributed by atoms with Crippen LogP contribution in [-0.4, -0.2) is 27.0 Å². The molecule has 28 heavy (non-hydrogen) atoms. The third-order valence-electron chi connectivity index (χ3n) is 5.49. The topological polar surface area (TPSA) is 76.7 Å². The molecule has 144 valence electrons. The summed E-state index contributed by atoms with van der Waals surface area (Å²) in [6, 6.07) is 12.9. The Morgan fingerprint density at radius 3 is 2.79 bits per heavy atom. The van der Waals surface area contributed by atoms with Gasteiger partial charge < -0.3 is 11.1 Å². The molecule has 1 aromatic carbocycles. The smallest absolute Gasteiger partial charge is 0.155 e. The van der Waals surface area contributed by atoms with Crippen molar-refractivity contribution in [3.05, 3.63) is 59.7 Å². The summed E-state index contributed by atoms with van der Waals surface area (Å²) in [5.74, 6) is 2.11. The lowest BCUT2D eigenvalue weighted by Crippen LogP contribution is -2.39. The second kappa shape index (κ2) is 8.07. The molecule has 3 N–H and O–H groups in total. The Bertz CT molecular complexity index is 983. The second-order valence-corrected chi connectivity index (χ2v) is 7.84. The fraction of sp³-hybridized carbons (Fsp3) is 0.348. The summed E-state index contributed by atoms with van der Waals surface area (Å²) in [5.41, 5.74) is 9.18. The van der Waals surface area contributed by atoms with Gasteiger partial charge in [0, 0.05) is 23.7 Å². The molecule has 0 radical (unpaired) electrons. The summed E-state index contributed by atoms with van der Waals surface area (Å²) in [4.78, 5) is 13.9. The average molecular weight is 374 g/mol. The Morgan fingerprint density at radius 1 is 1.11 bits per heavy atom. The molecular weight excluding hydrogens is 346 g/mol. The van der Waals surface area contributed by atoms with E-state index in [1.54, 1.807) is 6.20 Å². The van der Waals surface area contributed by atoms with Crippen LogP contribution in [0.15, 0.2) is 42.6 Å². The predicted octanol–water partition coefficient (Wildman–Crippen LogP) is 4.43. The van der Waals surface area contributed by atoms with Gasteiger partial charge in [-0.15, -0.1) is 0 Å². The van der Waals surface area contributed by atoms with Gasteiger partial charge in [-0.3, -0.25) is 4.98 Å². The summed E-state index contributed by atoms with van der Waals surface area (Å²) in [6.45, 7) is 4.37. The first-order valence-electron chi connectivity index (χ1n) is 9.98. The maximum Gasteiger partial charge on any atom is 0.155 e. The molecule has 5 nitrogen and oxygen atoms in total. The summed E-state index contributed by atoms with van der Waals surface area (Å²) in [5, 5.41) is 4.77. The van der Waals surface area contributed by atoms with Crippen molar-refractivity contribution in [1.29, 1.82) is 0 Å². The van der Waals surface area contributed by atoms with Crippen molar-refractivity contribution in [3.8, 4) is 0 Å². The predicted molar refractivity (Wildman–Crippen MR) is 116 cm³/mol. The minimum absolute atomic E-state index is 0.314. The number of hydrogen-bond donors (Lipinski definition) is 2. The van der Waals surface area contributed by atoms with Crippen molar-refractivity contribution in [3.63, 3.8) is 0 Å². The number of nitrogens with zero attached hydrogens (tertiary/aromatic N) is 3. The van der Waals surface area contributed by atoms with Gasteiger partial charge in [-0.05, 0) is 68.5 Å². The number of aryl methyl sites for hydroxylation is 1. The highest BCUT2D eigenvalue weighted by atomic mass is 15.1. The number of anilines is 1. The van der Waals surface area contributed by atoms with Crippen LogP contribution in [-0.2, 0) is 0 Å². The van der Waals surface area contributed by atoms with Crippen molar-refractivity contribution >= 4 is 28.9 Å². The van der Waals surface area contributed by atoms with Gasteiger partial charge in [0.25, 0.3) is 0 Å². The molecule has 0 spiro atoms. The van der Waals surface area contributed by atoms with E-state index in [4.69, 9.17) is 15.7 Å². The van der Waals surface area contributed by atoms with E-state index in [-0.39, 0.29) is 0 Å². The quantitative estimate of drug-likeness (QED) is 0.707. The van der Waals surface area contributed by atoms with Gasteiger partial charge in [-0.2, -0.15) is 0 Å². The number of pyridine rings is 1. The fourth-order valence-corrected chi connectivity index (χ4v) is 3.91. The van der Waals surface area contributed by atoms with Crippen LogP contribution in [0.5, 0.6) is 0 Å². The normalized spacial score (nSPS) is 22.6. The number of hydrogen-bond acceptors (Lipinski definition) is 5. The molecule has 2 heterocycles. The van der Waals surface area contributed by atoms with E-state index in [1.165, 1.54) is 5.56 Å². The minimum Gasteiger partial charge on any atom is -0.366 e. The van der Waals surface area contributed by atoms with Crippen LogP contribution >= 0.6 is 0 Å². The fourth-order valence-electron chi connectivity index (χ4n) is 3.91. The van der Waals surface area contributed by atoms with Crippen molar-refractivity contribution in [2.75, 3.05) is 5.32 Å². The van der Waals surface area contributed by atoms with Crippen molar-refractivity contribution in [2.24, 2.45) is 11.7 Å². The van der Waals surface area contributed by atoms with Crippen LogP contribution in [0.25, 0.3) is 23.1 Å². The van der Waals surface area contributed by atoms with Gasteiger partial charge in [0.2, 0.25) is 0 Å². The molecule has 1 saturated carbocycles. The first kappa shape index (κ1) is 18.6. The van der Waals surface area contributed by atoms with E-state index in [2.05, 4.69) is 42.3 Å². The molecule has 1 aliphatic carbocycles. The van der Waals surface area contributed by atoms with Crippen LogP contribution < -0.4 is 11.1 Å². The van der Waals surface area contributed by atoms with E-state index >= 15 is 0 Å². The van der Waals surface area contributed by atoms with E-state index < -0.39 is 0 Å². The maximum absolute atomic E-state index is 6.14. The second-order valence-electron chi connectivity index (χ2n) is 7.84. The van der Waals surface area contributed by atoms with E-state index in [0.717, 1.165) is 41.7 Å². The zero-order chi connectivity index (χ0) is 19.5. The number of benzene rings is 1. The number of nitrogens with one attached hydrogen (secondary N) is 1. The Labute approximate surface area is 166 Å². The SMILES string of the molecule is Cc1ccc2nc(/C=C/c3ccccn3)nc(N[C@@H]3CC[C@H](N)C[C@H]3C)c2c1. The monoisotopic (exact) mass is 373 g/mol. The molecule has 3 aromatic rings. The molecule has 0 aliphatic heterocycles. The summed E-state index contributed by atoms with van der Waals surface area (Å²) in [7, 11) is 0. The van der Waals surface area contributed by atoms with Gasteiger partial charge in [0.1, 0.15) is 5.82 Å². The average Bonchev–Trinajstić information content (AvgIpc) is 2.69. The first-order chi connectivity index (χ1) is 13.6. The number of aromatic nitrogens is 3. The molecule has 0 amide bonds. The van der Waals surface area contributed by atoms with E-state index in [0.29, 0.717) is 23.8 Å². The Morgan fingerprint density at radius 2 is 2.00 bits per heavy atom. The summed E-state index contributed by atoms with van der Waals surface area (Å²) >= 11 is 0. The van der Waals surface area contributed by atoms with Crippen LogP contribution in [0.3, 0.4) is 0 Å². The molecule has 5 heteroatoms. The standard InChI is InChI=1S/C23H27N5/c1-15-6-9-21-19(13-15)23(27-20-10-7-17(24)14-16(20)2)28-22(26-21)11-8-18-5-3-4-12-25-18/h3-6,8-9,11-13,16-17,20H,7,10,14,24H2,1-2H3,(H,26,27,28)/b11-8+/t16-,17+,20-/m1/s1. The molecule has 1 aliphatic rings. The molecule has 0 unspecified atom stereocenters. The molecule has 4 rings (SSSR count). The third kappa shape index (κ3) is 4.20. The van der Waals surface area contributed by atoms with Crippen molar-refractivity contribution < 1.29 is 0 Å². The van der Waals surface area contributed by atoms with Crippen LogP contribution in [0.4, 0.5) is 5.82 Å². The molecule has 2 aromatic heterocycles. The summed E-state index contributed by atoms with van der Waals surface area (Å²) < 4.78 is 0. The highest BCUT2D eigenvalue weighted by Gasteiger charge is 2.26. The van der Waals surface area contributed by atoms with Gasteiger partial charge in [0.15, 0.2) is 5.82 Å². The molecular formula is C23H27N5. The van der Waals surface area contributed by atoms with E-state index in [1.807, 2.05) is 30.4 Å². The van der Waals surface area contributed by atoms with Crippen LogP contribution in [0.1, 0.15) is 43.3 Å². The molecule has 1 fully saturated rings. The highest BCUT2D eigenvalue weighted by molar-refractivity contribution is 5.90. The third-order valence-corrected chi connectivity index (χ3v) is 5.49. The lowest BCUT2D eigenvalue weighted by molar-refractivity contribution is 0.314. The zero-order valence-corrected chi connectivity index (χ0v) is 16.5. The van der Waals surface area contributed by atoms with E-state index in [9.17, 15) is 0 Å². The van der Waals surface area contributed by atoms with Gasteiger partial charge in [0.05, 0.1) is 11.2 Å². The van der Waals surface area contributed by atoms with Gasteiger partial charge >= 0.3 is 0 Å². The Hall–Kier alpha value is -2.79. The van der Waals surface area contributed by atoms with Crippen LogP contribution in [0.2, 0.25) is 0 Å². The molecule has 0 saturated heterocycles. The van der Waals surface area contributed by atoms with Crippen molar-refractivity contribution in [2.45, 2.75) is 45.2 Å². The summed E-state index contributed by atoms with van der Waals surface area (Å²) in [6.07, 6.45) is 8.82.